The van der Waals surface area contributed by atoms with Crippen LogP contribution >= 0.6 is 11.8 Å². The smallest absolute Gasteiger partial charge is 0.303 e. The quantitative estimate of drug-likeness (QED) is 0.144. The number of carbonyl (C=O) groups is 5. The molecule has 12 heteroatoms. The van der Waals surface area contributed by atoms with E-state index in [9.17, 15) is 34.2 Å². The van der Waals surface area contributed by atoms with Crippen LogP contribution in [-0.4, -0.2) is 74.7 Å². The minimum absolute atomic E-state index is 0.0175. The molecule has 1 aliphatic rings. The number of aliphatic carboxylic acids is 1. The van der Waals surface area contributed by atoms with Crippen molar-refractivity contribution in [1.82, 2.24) is 21.3 Å². The van der Waals surface area contributed by atoms with Crippen molar-refractivity contribution in [3.8, 4) is 0 Å². The summed E-state index contributed by atoms with van der Waals surface area (Å²) < 4.78 is 0. The second kappa shape index (κ2) is 16.2. The Labute approximate surface area is 262 Å². The Morgan fingerprint density at radius 2 is 1.23 bits per heavy atom. The number of amides is 4. The lowest BCUT2D eigenvalue weighted by Gasteiger charge is -2.28. The van der Waals surface area contributed by atoms with Crippen molar-refractivity contribution in [2.45, 2.75) is 82.0 Å². The normalized spacial score (nSPS) is 18.3. The molecule has 11 nitrogen and oxygen atoms in total. The number of hydrogen-bond donors (Lipinski definition) is 6. The summed E-state index contributed by atoms with van der Waals surface area (Å²) in [5.41, 5.74) is 1.54. The molecule has 0 aromatic heterocycles. The maximum atomic E-state index is 13.8. The van der Waals surface area contributed by atoms with Crippen molar-refractivity contribution in [2.75, 3.05) is 5.75 Å². The minimum atomic E-state index is -1.27. The second-order valence-corrected chi connectivity index (χ2v) is 12.8. The van der Waals surface area contributed by atoms with Crippen LogP contribution in [0.1, 0.15) is 51.2 Å². The molecule has 0 saturated carbocycles. The number of carboxylic acid groups (broad SMARTS) is 1. The molecule has 0 bridgehead atoms. The topological polar surface area (TPSA) is 174 Å². The van der Waals surface area contributed by atoms with Crippen molar-refractivity contribution in [3.63, 3.8) is 0 Å². The van der Waals surface area contributed by atoms with Crippen LogP contribution in [0.15, 0.2) is 60.7 Å². The van der Waals surface area contributed by atoms with Crippen LogP contribution < -0.4 is 21.3 Å². The monoisotopic (exact) mass is 626 g/mol. The lowest BCUT2D eigenvalue weighted by atomic mass is 9.99. The van der Waals surface area contributed by atoms with Gasteiger partial charge in [0.15, 0.2) is 0 Å². The molecule has 3 rings (SSSR count). The molecule has 4 amide bonds. The van der Waals surface area contributed by atoms with Gasteiger partial charge in [-0.25, -0.2) is 0 Å². The van der Waals surface area contributed by atoms with Gasteiger partial charge in [0.2, 0.25) is 23.6 Å². The molecule has 0 aliphatic carbocycles. The van der Waals surface area contributed by atoms with Gasteiger partial charge >= 0.3 is 5.97 Å². The molecule has 2 aromatic carbocycles. The van der Waals surface area contributed by atoms with Crippen LogP contribution in [0.2, 0.25) is 0 Å². The average Bonchev–Trinajstić information content (AvgIpc) is 3.72. The highest BCUT2D eigenvalue weighted by molar-refractivity contribution is 8.07. The van der Waals surface area contributed by atoms with Crippen LogP contribution in [0.5, 0.6) is 0 Å². The largest absolute Gasteiger partial charge is 0.481 e. The fraction of sp³-hybridized carbons (Fsp3) is 0.469. The highest BCUT2D eigenvalue weighted by Crippen LogP contribution is 2.46. The third-order valence-electron chi connectivity index (χ3n) is 7.18. The number of hydrogen-bond acceptors (Lipinski definition) is 7. The molecule has 0 unspecified atom stereocenters. The first kappa shape index (κ1) is 34.6. The van der Waals surface area contributed by atoms with E-state index in [0.29, 0.717) is 12.2 Å². The predicted octanol–water partition coefficient (Wildman–Crippen LogP) is 1.78. The molecule has 1 aliphatic heterocycles. The van der Waals surface area contributed by atoms with Crippen LogP contribution in [0.25, 0.3) is 0 Å². The molecule has 5 atom stereocenters. The Hall–Kier alpha value is -3.90. The summed E-state index contributed by atoms with van der Waals surface area (Å²) >= 11 is 1.21. The van der Waals surface area contributed by atoms with Crippen molar-refractivity contribution in [2.24, 2.45) is 5.92 Å². The molecular formula is C32H42N4O7S. The maximum Gasteiger partial charge on any atom is 0.303 e. The zero-order valence-corrected chi connectivity index (χ0v) is 26.1. The van der Waals surface area contributed by atoms with Gasteiger partial charge in [-0.2, -0.15) is 0 Å². The Kier molecular flexibility index (Phi) is 12.8. The molecule has 6 N–H and O–H groups in total. The fourth-order valence-electron chi connectivity index (χ4n) is 4.84. The number of rotatable bonds is 17. The first-order chi connectivity index (χ1) is 20.9. The fourth-order valence-corrected chi connectivity index (χ4v) is 5.56. The molecule has 0 radical (unpaired) electrons. The van der Waals surface area contributed by atoms with Gasteiger partial charge in [0, 0.05) is 31.9 Å². The van der Waals surface area contributed by atoms with Gasteiger partial charge in [-0.3, -0.25) is 24.0 Å². The highest BCUT2D eigenvalue weighted by atomic mass is 32.2. The molecule has 1 saturated heterocycles. The standard InChI is InChI=1S/C32H42N4O7S/c1-20(2)16-24(33-21(3)37)29(40)34-25(17-22-10-6-4-7-11-22)30(41)35-26(18-23-12-8-5-9-13-23)31(42)36-27(14-15-28(38)39)32(43)19-44-32/h4-13,20,24-27,43H,14-19H2,1-3H3,(H,33,37)(H,34,40)(H,35,41)(H,36,42)(H,38,39)/t24-,25-,26-,27-,32+/m0/s1. The van der Waals surface area contributed by atoms with Gasteiger partial charge < -0.3 is 31.5 Å². The Morgan fingerprint density at radius 3 is 1.64 bits per heavy atom. The number of thioether (sulfide) groups is 1. The van der Waals surface area contributed by atoms with E-state index in [1.54, 1.807) is 12.1 Å². The number of nitrogens with one attached hydrogen (secondary N) is 4. The van der Waals surface area contributed by atoms with E-state index in [2.05, 4.69) is 21.3 Å². The van der Waals surface area contributed by atoms with Gasteiger partial charge in [0.25, 0.3) is 0 Å². The van der Waals surface area contributed by atoms with E-state index < -0.39 is 52.8 Å². The lowest BCUT2D eigenvalue weighted by Crippen LogP contribution is -2.59. The Morgan fingerprint density at radius 1 is 0.773 bits per heavy atom. The van der Waals surface area contributed by atoms with Crippen molar-refractivity contribution >= 4 is 41.4 Å². The zero-order valence-electron chi connectivity index (χ0n) is 25.2. The summed E-state index contributed by atoms with van der Waals surface area (Å²) in [7, 11) is 0. The summed E-state index contributed by atoms with van der Waals surface area (Å²) in [5.74, 6) is -2.69. The predicted molar refractivity (Wildman–Crippen MR) is 167 cm³/mol. The highest BCUT2D eigenvalue weighted by Gasteiger charge is 2.50. The van der Waals surface area contributed by atoms with Gasteiger partial charge in [-0.1, -0.05) is 74.5 Å². The summed E-state index contributed by atoms with van der Waals surface area (Å²) in [5, 5.41) is 30.9. The SMILES string of the molecule is CC(=O)N[C@@H](CC(C)C)C(=O)N[C@@H](Cc1ccccc1)C(=O)N[C@@H](Cc1ccccc1)C(=O)N[C@@H](CCC(=O)O)[C@@]1(O)CS1. The molecule has 0 spiro atoms. The number of aliphatic hydroxyl groups is 1. The third-order valence-corrected chi connectivity index (χ3v) is 8.35. The van der Waals surface area contributed by atoms with Gasteiger partial charge in [-0.05, 0) is 29.9 Å². The Balaban J connectivity index is 1.86. The molecule has 44 heavy (non-hydrogen) atoms. The van der Waals surface area contributed by atoms with Gasteiger partial charge in [0.1, 0.15) is 23.1 Å². The van der Waals surface area contributed by atoms with Crippen molar-refractivity contribution in [3.05, 3.63) is 71.8 Å². The maximum absolute atomic E-state index is 13.8. The summed E-state index contributed by atoms with van der Waals surface area (Å²) in [6.45, 7) is 5.16. The molecular weight excluding hydrogens is 584 g/mol. The van der Waals surface area contributed by atoms with Gasteiger partial charge in [0.05, 0.1) is 6.04 Å². The van der Waals surface area contributed by atoms with E-state index >= 15 is 0 Å². The van der Waals surface area contributed by atoms with E-state index in [0.717, 1.165) is 11.1 Å². The molecule has 1 heterocycles. The number of benzene rings is 2. The number of carboxylic acids is 1. The van der Waals surface area contributed by atoms with Crippen molar-refractivity contribution < 1.29 is 34.2 Å². The molecule has 2 aromatic rings. The average molecular weight is 627 g/mol. The van der Waals surface area contributed by atoms with Crippen LogP contribution in [0, 0.1) is 5.92 Å². The first-order valence-corrected chi connectivity index (χ1v) is 15.7. The van der Waals surface area contributed by atoms with E-state index in [-0.39, 0.29) is 37.5 Å². The lowest BCUT2D eigenvalue weighted by molar-refractivity contribution is -0.138. The zero-order chi connectivity index (χ0) is 32.3. The van der Waals surface area contributed by atoms with Crippen LogP contribution in [0.4, 0.5) is 0 Å². The molecule has 238 valence electrons. The van der Waals surface area contributed by atoms with E-state index in [4.69, 9.17) is 0 Å². The van der Waals surface area contributed by atoms with Crippen LogP contribution in [-0.2, 0) is 36.8 Å². The summed E-state index contributed by atoms with van der Waals surface area (Å²) in [4.78, 5) is 62.6. The first-order valence-electron chi connectivity index (χ1n) is 14.7. The van der Waals surface area contributed by atoms with Crippen molar-refractivity contribution in [1.29, 1.82) is 0 Å². The minimum Gasteiger partial charge on any atom is -0.481 e. The summed E-state index contributed by atoms with van der Waals surface area (Å²) in [6, 6.07) is 14.3. The molecule has 1 fully saturated rings. The third kappa shape index (κ3) is 11.3. The second-order valence-electron chi connectivity index (χ2n) is 11.5. The van der Waals surface area contributed by atoms with Crippen LogP contribution in [0.3, 0.4) is 0 Å². The Bertz CT molecular complexity index is 1290. The van der Waals surface area contributed by atoms with E-state index in [1.165, 1.54) is 18.7 Å². The summed E-state index contributed by atoms with van der Waals surface area (Å²) in [6.07, 6.45) is 0.376. The van der Waals surface area contributed by atoms with E-state index in [1.807, 2.05) is 62.4 Å². The number of carbonyl (C=O) groups excluding carboxylic acids is 4. The van der Waals surface area contributed by atoms with Gasteiger partial charge in [-0.15, -0.1) is 11.8 Å².